The number of ether oxygens (including phenoxy) is 3. The summed E-state index contributed by atoms with van der Waals surface area (Å²) in [6, 6.07) is 11.1. The number of methoxy groups -OCH3 is 1. The van der Waals surface area contributed by atoms with Crippen LogP contribution in [0.2, 0.25) is 0 Å². The van der Waals surface area contributed by atoms with E-state index in [1.54, 1.807) is 24.3 Å². The van der Waals surface area contributed by atoms with E-state index in [9.17, 15) is 13.2 Å². The Morgan fingerprint density at radius 3 is 2.58 bits per heavy atom. The number of hydrogen-bond acceptors (Lipinski definition) is 9. The van der Waals surface area contributed by atoms with Crippen LogP contribution >= 0.6 is 0 Å². The van der Waals surface area contributed by atoms with Crippen molar-refractivity contribution < 1.29 is 31.8 Å². The number of benzene rings is 2. The average molecular weight is 474 g/mol. The first-order chi connectivity index (χ1) is 16.0. The van der Waals surface area contributed by atoms with E-state index in [2.05, 4.69) is 15.5 Å². The lowest BCUT2D eigenvalue weighted by molar-refractivity contribution is -0.118. The van der Waals surface area contributed by atoms with Crippen molar-refractivity contribution in [2.45, 2.75) is 4.90 Å². The number of nitrogens with one attached hydrogen (secondary N) is 1. The zero-order valence-corrected chi connectivity index (χ0v) is 18.6. The molecule has 1 aromatic heterocycles. The molecule has 0 atom stereocenters. The third kappa shape index (κ3) is 5.30. The summed E-state index contributed by atoms with van der Waals surface area (Å²) in [5.74, 6) is 0.686. The van der Waals surface area contributed by atoms with Crippen LogP contribution in [-0.2, 0) is 19.6 Å². The Hall–Kier alpha value is -3.48. The van der Waals surface area contributed by atoms with E-state index in [0.717, 1.165) is 0 Å². The molecule has 1 amide bonds. The molecular formula is C21H22N4O7S. The van der Waals surface area contributed by atoms with Gasteiger partial charge in [0, 0.05) is 18.7 Å². The summed E-state index contributed by atoms with van der Waals surface area (Å²) in [5, 5.41) is 10.1. The fraction of sp³-hybridized carbons (Fsp3) is 0.286. The molecule has 1 N–H and O–H groups in total. The summed E-state index contributed by atoms with van der Waals surface area (Å²) in [6.07, 6.45) is 1.24. The standard InChI is InChI=1S/C21H22N4O7S/c1-29-19-7-6-17(33(27,28)25-8-10-30-11-9-25)12-18(19)23-20(26)13-31-16-4-2-15(3-5-16)21-24-22-14-32-21/h2-7,12,14H,8-11,13H2,1H3,(H,23,26). The molecule has 2 heterocycles. The van der Waals surface area contributed by atoms with Crippen LogP contribution in [0.1, 0.15) is 0 Å². The van der Waals surface area contributed by atoms with Gasteiger partial charge in [0.1, 0.15) is 11.5 Å². The van der Waals surface area contributed by atoms with Crippen LogP contribution in [0.15, 0.2) is 58.2 Å². The van der Waals surface area contributed by atoms with Crippen LogP contribution in [0.4, 0.5) is 5.69 Å². The van der Waals surface area contributed by atoms with Crippen molar-refractivity contribution in [3.63, 3.8) is 0 Å². The fourth-order valence-electron chi connectivity index (χ4n) is 3.21. The molecule has 3 aromatic rings. The van der Waals surface area contributed by atoms with Gasteiger partial charge in [-0.15, -0.1) is 10.2 Å². The zero-order chi connectivity index (χ0) is 23.3. The summed E-state index contributed by atoms with van der Waals surface area (Å²) in [4.78, 5) is 12.5. The maximum absolute atomic E-state index is 12.9. The molecule has 1 fully saturated rings. The van der Waals surface area contributed by atoms with E-state index >= 15 is 0 Å². The molecular weight excluding hydrogens is 452 g/mol. The van der Waals surface area contributed by atoms with Crippen LogP contribution in [0.5, 0.6) is 11.5 Å². The van der Waals surface area contributed by atoms with E-state index in [1.165, 1.54) is 36.0 Å². The van der Waals surface area contributed by atoms with Gasteiger partial charge in [-0.2, -0.15) is 4.31 Å². The minimum atomic E-state index is -3.73. The molecule has 11 nitrogen and oxygen atoms in total. The van der Waals surface area contributed by atoms with Gasteiger partial charge < -0.3 is 23.9 Å². The van der Waals surface area contributed by atoms with Gasteiger partial charge in [0.2, 0.25) is 22.3 Å². The third-order valence-corrected chi connectivity index (χ3v) is 6.78. The molecule has 4 rings (SSSR count). The van der Waals surface area contributed by atoms with Gasteiger partial charge in [-0.05, 0) is 42.5 Å². The minimum absolute atomic E-state index is 0.0537. The van der Waals surface area contributed by atoms with Crippen molar-refractivity contribution >= 4 is 21.6 Å². The van der Waals surface area contributed by atoms with Crippen molar-refractivity contribution in [2.24, 2.45) is 0 Å². The van der Waals surface area contributed by atoms with Gasteiger partial charge in [0.05, 0.1) is 30.9 Å². The molecule has 0 bridgehead atoms. The highest BCUT2D eigenvalue weighted by Gasteiger charge is 2.27. The first kappa shape index (κ1) is 22.7. The quantitative estimate of drug-likeness (QED) is 0.519. The van der Waals surface area contributed by atoms with Crippen molar-refractivity contribution in [2.75, 3.05) is 45.3 Å². The first-order valence-electron chi connectivity index (χ1n) is 10.0. The largest absolute Gasteiger partial charge is 0.495 e. The predicted molar refractivity (Wildman–Crippen MR) is 116 cm³/mol. The van der Waals surface area contributed by atoms with Crippen LogP contribution in [0.25, 0.3) is 11.5 Å². The molecule has 12 heteroatoms. The number of aromatic nitrogens is 2. The number of amides is 1. The van der Waals surface area contributed by atoms with Gasteiger partial charge in [0.15, 0.2) is 6.61 Å². The summed E-state index contributed by atoms with van der Waals surface area (Å²) in [5.41, 5.74) is 0.944. The molecule has 0 radical (unpaired) electrons. The highest BCUT2D eigenvalue weighted by atomic mass is 32.2. The SMILES string of the molecule is COc1ccc(S(=O)(=O)N2CCOCC2)cc1NC(=O)COc1ccc(-c2nnco2)cc1. The van der Waals surface area contributed by atoms with Crippen LogP contribution in [0, 0.1) is 0 Å². The maximum atomic E-state index is 12.9. The Morgan fingerprint density at radius 2 is 1.91 bits per heavy atom. The van der Waals surface area contributed by atoms with Crippen molar-refractivity contribution in [1.82, 2.24) is 14.5 Å². The molecule has 0 aliphatic carbocycles. The Balaban J connectivity index is 1.42. The molecule has 1 saturated heterocycles. The predicted octanol–water partition coefficient (Wildman–Crippen LogP) is 1.78. The third-order valence-electron chi connectivity index (χ3n) is 4.88. The number of hydrogen-bond donors (Lipinski definition) is 1. The molecule has 174 valence electrons. The summed E-state index contributed by atoms with van der Waals surface area (Å²) < 4.78 is 48.3. The van der Waals surface area contributed by atoms with E-state index in [4.69, 9.17) is 18.6 Å². The van der Waals surface area contributed by atoms with E-state index in [0.29, 0.717) is 36.2 Å². The zero-order valence-electron chi connectivity index (χ0n) is 17.8. The maximum Gasteiger partial charge on any atom is 0.262 e. The van der Waals surface area contributed by atoms with Crippen LogP contribution in [0.3, 0.4) is 0 Å². The van der Waals surface area contributed by atoms with Gasteiger partial charge >= 0.3 is 0 Å². The monoisotopic (exact) mass is 474 g/mol. The van der Waals surface area contributed by atoms with Crippen LogP contribution < -0.4 is 14.8 Å². The highest BCUT2D eigenvalue weighted by molar-refractivity contribution is 7.89. The lowest BCUT2D eigenvalue weighted by Crippen LogP contribution is -2.40. The molecule has 0 saturated carbocycles. The lowest BCUT2D eigenvalue weighted by atomic mass is 10.2. The van der Waals surface area contributed by atoms with Gasteiger partial charge in [-0.25, -0.2) is 8.42 Å². The first-order valence-corrected chi connectivity index (χ1v) is 11.5. The summed E-state index contributed by atoms with van der Waals surface area (Å²) >= 11 is 0. The number of carbonyl (C=O) groups excluding carboxylic acids is 1. The van der Waals surface area contributed by atoms with E-state index < -0.39 is 15.9 Å². The van der Waals surface area contributed by atoms with E-state index in [-0.39, 0.29) is 30.3 Å². The Bertz CT molecular complexity index is 1190. The Morgan fingerprint density at radius 1 is 1.15 bits per heavy atom. The second kappa shape index (κ2) is 9.98. The fourth-order valence-corrected chi connectivity index (χ4v) is 4.64. The average Bonchev–Trinajstić information content (AvgIpc) is 3.39. The topological polar surface area (TPSA) is 133 Å². The number of sulfonamides is 1. The van der Waals surface area contributed by atoms with E-state index in [1.807, 2.05) is 0 Å². The van der Waals surface area contributed by atoms with Gasteiger partial charge in [0.25, 0.3) is 5.91 Å². The smallest absolute Gasteiger partial charge is 0.262 e. The Labute approximate surface area is 190 Å². The molecule has 0 unspecified atom stereocenters. The minimum Gasteiger partial charge on any atom is -0.495 e. The van der Waals surface area contributed by atoms with Crippen molar-refractivity contribution in [1.29, 1.82) is 0 Å². The van der Waals surface area contributed by atoms with Gasteiger partial charge in [-0.3, -0.25) is 4.79 Å². The number of rotatable bonds is 8. The normalized spacial score (nSPS) is 14.6. The van der Waals surface area contributed by atoms with Crippen molar-refractivity contribution in [3.05, 3.63) is 48.9 Å². The molecule has 2 aromatic carbocycles. The summed E-state index contributed by atoms with van der Waals surface area (Å²) in [6.45, 7) is 0.937. The second-order valence-electron chi connectivity index (χ2n) is 6.98. The lowest BCUT2D eigenvalue weighted by Gasteiger charge is -2.26. The number of morpholine rings is 1. The highest BCUT2D eigenvalue weighted by Crippen LogP contribution is 2.29. The molecule has 0 spiro atoms. The Kier molecular flexibility index (Phi) is 6.87. The number of anilines is 1. The second-order valence-corrected chi connectivity index (χ2v) is 8.92. The van der Waals surface area contributed by atoms with Crippen LogP contribution in [-0.4, -0.2) is 68.8 Å². The van der Waals surface area contributed by atoms with Crippen molar-refractivity contribution in [3.8, 4) is 23.0 Å². The van der Waals surface area contributed by atoms with Gasteiger partial charge in [-0.1, -0.05) is 0 Å². The molecule has 1 aliphatic rings. The summed E-state index contributed by atoms with van der Waals surface area (Å²) in [7, 11) is -2.29. The number of carbonyl (C=O) groups is 1. The molecule has 1 aliphatic heterocycles. The number of nitrogens with zero attached hydrogens (tertiary/aromatic N) is 3. The molecule has 33 heavy (non-hydrogen) atoms.